The first-order valence-corrected chi connectivity index (χ1v) is 9.98. The molecular formula is C17H24N2O6S. The van der Waals surface area contributed by atoms with Crippen molar-refractivity contribution in [3.8, 4) is 11.5 Å². The molecule has 144 valence electrons. The Labute approximate surface area is 153 Å². The summed E-state index contributed by atoms with van der Waals surface area (Å²) < 4.78 is 43.3. The van der Waals surface area contributed by atoms with Gasteiger partial charge < -0.3 is 19.1 Å². The molecule has 1 aromatic rings. The van der Waals surface area contributed by atoms with Crippen molar-refractivity contribution >= 4 is 16.1 Å². The number of piperazine rings is 1. The summed E-state index contributed by atoms with van der Waals surface area (Å²) >= 11 is 0. The average molecular weight is 384 g/mol. The van der Waals surface area contributed by atoms with Crippen LogP contribution < -0.4 is 9.47 Å². The van der Waals surface area contributed by atoms with E-state index in [1.807, 2.05) is 0 Å². The number of benzene rings is 1. The van der Waals surface area contributed by atoms with E-state index in [1.165, 1.54) is 21.3 Å². The Morgan fingerprint density at radius 2 is 1.65 bits per heavy atom. The third-order valence-electron chi connectivity index (χ3n) is 4.04. The molecule has 3 rings (SSSR count). The standard InChI is InChI=1S/C17H24N2O6S/c1-17(2,3)25-16(20)18-6-8-19(9-7-18)26(21,22)13-4-5-14-15(12-13)24-11-10-23-14/h4-5,12H,6-11H2,1-3H3. The summed E-state index contributed by atoms with van der Waals surface area (Å²) in [6.45, 7) is 7.26. The first-order valence-electron chi connectivity index (χ1n) is 8.54. The van der Waals surface area contributed by atoms with E-state index < -0.39 is 21.7 Å². The average Bonchev–Trinajstić information content (AvgIpc) is 2.60. The molecule has 0 aromatic heterocycles. The van der Waals surface area contributed by atoms with E-state index in [2.05, 4.69) is 0 Å². The van der Waals surface area contributed by atoms with Gasteiger partial charge in [-0.3, -0.25) is 0 Å². The first kappa shape index (κ1) is 18.8. The van der Waals surface area contributed by atoms with Crippen molar-refractivity contribution in [1.29, 1.82) is 0 Å². The Kier molecular flexibility index (Phi) is 5.03. The van der Waals surface area contributed by atoms with E-state index in [0.717, 1.165) is 0 Å². The maximum atomic E-state index is 12.9. The SMILES string of the molecule is CC(C)(C)OC(=O)N1CCN(S(=O)(=O)c2ccc3c(c2)OCCO3)CC1. The lowest BCUT2D eigenvalue weighted by atomic mass is 10.2. The van der Waals surface area contributed by atoms with Crippen LogP contribution in [0.25, 0.3) is 0 Å². The quantitative estimate of drug-likeness (QED) is 0.772. The molecule has 1 aromatic carbocycles. The summed E-state index contributed by atoms with van der Waals surface area (Å²) in [5, 5.41) is 0. The summed E-state index contributed by atoms with van der Waals surface area (Å²) in [4.78, 5) is 13.8. The molecule has 0 saturated carbocycles. The monoisotopic (exact) mass is 384 g/mol. The van der Waals surface area contributed by atoms with Crippen LogP contribution in [0, 0.1) is 0 Å². The topological polar surface area (TPSA) is 85.4 Å². The molecule has 8 nitrogen and oxygen atoms in total. The molecule has 0 N–H and O–H groups in total. The Balaban J connectivity index is 1.67. The number of hydrogen-bond acceptors (Lipinski definition) is 6. The molecule has 26 heavy (non-hydrogen) atoms. The number of nitrogens with zero attached hydrogens (tertiary/aromatic N) is 2. The Morgan fingerprint density at radius 3 is 2.27 bits per heavy atom. The lowest BCUT2D eigenvalue weighted by molar-refractivity contribution is 0.0192. The Morgan fingerprint density at radius 1 is 1.04 bits per heavy atom. The van der Waals surface area contributed by atoms with Gasteiger partial charge in [-0.05, 0) is 32.9 Å². The van der Waals surface area contributed by atoms with Crippen molar-refractivity contribution < 1.29 is 27.4 Å². The van der Waals surface area contributed by atoms with Gasteiger partial charge in [-0.2, -0.15) is 4.31 Å². The molecule has 2 aliphatic heterocycles. The normalized spacial score (nSPS) is 18.5. The summed E-state index contributed by atoms with van der Waals surface area (Å²) in [6.07, 6.45) is -0.422. The van der Waals surface area contributed by atoms with Crippen molar-refractivity contribution in [1.82, 2.24) is 9.21 Å². The second-order valence-corrected chi connectivity index (χ2v) is 9.11. The van der Waals surface area contributed by atoms with Gasteiger partial charge in [0.2, 0.25) is 10.0 Å². The van der Waals surface area contributed by atoms with Crippen LogP contribution in [-0.2, 0) is 14.8 Å². The summed E-state index contributed by atoms with van der Waals surface area (Å²) in [6, 6.07) is 4.62. The molecule has 1 amide bonds. The van der Waals surface area contributed by atoms with Gasteiger partial charge in [0.15, 0.2) is 11.5 Å². The van der Waals surface area contributed by atoms with Gasteiger partial charge in [0.05, 0.1) is 4.90 Å². The van der Waals surface area contributed by atoms with Crippen LogP contribution in [0.3, 0.4) is 0 Å². The minimum Gasteiger partial charge on any atom is -0.486 e. The van der Waals surface area contributed by atoms with E-state index >= 15 is 0 Å². The fourth-order valence-corrected chi connectivity index (χ4v) is 4.21. The smallest absolute Gasteiger partial charge is 0.410 e. The minimum absolute atomic E-state index is 0.160. The van der Waals surface area contributed by atoms with Crippen LogP contribution in [0.4, 0.5) is 4.79 Å². The van der Waals surface area contributed by atoms with Crippen LogP contribution in [0.2, 0.25) is 0 Å². The third-order valence-corrected chi connectivity index (χ3v) is 5.94. The molecule has 9 heteroatoms. The highest BCUT2D eigenvalue weighted by molar-refractivity contribution is 7.89. The van der Waals surface area contributed by atoms with E-state index in [1.54, 1.807) is 26.8 Å². The van der Waals surface area contributed by atoms with Gasteiger partial charge in [-0.1, -0.05) is 0 Å². The number of ether oxygens (including phenoxy) is 3. The molecule has 1 saturated heterocycles. The lowest BCUT2D eigenvalue weighted by Gasteiger charge is -2.35. The van der Waals surface area contributed by atoms with E-state index in [-0.39, 0.29) is 18.0 Å². The number of amides is 1. The predicted molar refractivity (Wildman–Crippen MR) is 94.0 cm³/mol. The highest BCUT2D eigenvalue weighted by Crippen LogP contribution is 2.33. The highest BCUT2D eigenvalue weighted by atomic mass is 32.2. The van der Waals surface area contributed by atoms with E-state index in [9.17, 15) is 13.2 Å². The maximum Gasteiger partial charge on any atom is 0.410 e. The van der Waals surface area contributed by atoms with Crippen molar-refractivity contribution in [2.45, 2.75) is 31.3 Å². The largest absolute Gasteiger partial charge is 0.486 e. The van der Waals surface area contributed by atoms with Crippen LogP contribution in [0.1, 0.15) is 20.8 Å². The molecule has 0 radical (unpaired) electrons. The van der Waals surface area contributed by atoms with E-state index in [4.69, 9.17) is 14.2 Å². The fourth-order valence-electron chi connectivity index (χ4n) is 2.77. The highest BCUT2D eigenvalue weighted by Gasteiger charge is 2.32. The van der Waals surface area contributed by atoms with Crippen LogP contribution in [-0.4, -0.2) is 68.7 Å². The zero-order valence-electron chi connectivity index (χ0n) is 15.2. The van der Waals surface area contributed by atoms with Crippen LogP contribution in [0.15, 0.2) is 23.1 Å². The molecule has 0 spiro atoms. The predicted octanol–water partition coefficient (Wildman–Crippen LogP) is 1.70. The molecule has 1 fully saturated rings. The second kappa shape index (κ2) is 6.96. The molecular weight excluding hydrogens is 360 g/mol. The third kappa shape index (κ3) is 4.04. The molecule has 0 unspecified atom stereocenters. The Hall–Kier alpha value is -2.00. The second-order valence-electron chi connectivity index (χ2n) is 7.18. The van der Waals surface area contributed by atoms with Crippen LogP contribution in [0.5, 0.6) is 11.5 Å². The number of carbonyl (C=O) groups excluding carboxylic acids is 1. The van der Waals surface area contributed by atoms with Crippen molar-refractivity contribution in [2.24, 2.45) is 0 Å². The molecule has 0 aliphatic carbocycles. The van der Waals surface area contributed by atoms with Gasteiger partial charge in [0, 0.05) is 32.2 Å². The minimum atomic E-state index is -3.66. The number of hydrogen-bond donors (Lipinski definition) is 0. The zero-order valence-corrected chi connectivity index (χ0v) is 16.0. The van der Waals surface area contributed by atoms with Gasteiger partial charge >= 0.3 is 6.09 Å². The van der Waals surface area contributed by atoms with Gasteiger partial charge in [-0.15, -0.1) is 0 Å². The van der Waals surface area contributed by atoms with Crippen molar-refractivity contribution in [2.75, 3.05) is 39.4 Å². The number of fused-ring (bicyclic) bond motifs is 1. The number of sulfonamides is 1. The van der Waals surface area contributed by atoms with Gasteiger partial charge in [0.1, 0.15) is 18.8 Å². The number of carbonyl (C=O) groups is 1. The zero-order chi connectivity index (χ0) is 18.9. The molecule has 0 bridgehead atoms. The molecule has 0 atom stereocenters. The van der Waals surface area contributed by atoms with Crippen LogP contribution >= 0.6 is 0 Å². The molecule has 2 heterocycles. The van der Waals surface area contributed by atoms with E-state index in [0.29, 0.717) is 37.8 Å². The first-order chi connectivity index (χ1) is 12.2. The van der Waals surface area contributed by atoms with Gasteiger partial charge in [0.25, 0.3) is 0 Å². The Bertz CT molecular complexity index is 779. The van der Waals surface area contributed by atoms with Gasteiger partial charge in [-0.25, -0.2) is 13.2 Å². The lowest BCUT2D eigenvalue weighted by Crippen LogP contribution is -2.51. The van der Waals surface area contributed by atoms with Crippen molar-refractivity contribution in [3.63, 3.8) is 0 Å². The fraction of sp³-hybridized carbons (Fsp3) is 0.588. The molecule has 2 aliphatic rings. The summed E-state index contributed by atoms with van der Waals surface area (Å²) in [5.74, 6) is 0.981. The van der Waals surface area contributed by atoms with Crippen molar-refractivity contribution in [3.05, 3.63) is 18.2 Å². The number of rotatable bonds is 2. The summed E-state index contributed by atoms with van der Waals surface area (Å²) in [7, 11) is -3.66. The maximum absolute atomic E-state index is 12.9. The summed E-state index contributed by atoms with van der Waals surface area (Å²) in [5.41, 5.74) is -0.578.